The third-order valence-corrected chi connectivity index (χ3v) is 4.54. The number of aromatic amines is 1. The Kier molecular flexibility index (Phi) is 3.80. The quantitative estimate of drug-likeness (QED) is 0.780. The number of H-pyrrole nitrogens is 1. The van der Waals surface area contributed by atoms with E-state index in [0.717, 1.165) is 26.0 Å². The number of rotatable bonds is 2. The van der Waals surface area contributed by atoms with Gasteiger partial charge in [-0.15, -0.1) is 0 Å². The Balaban J connectivity index is 2.40. The van der Waals surface area contributed by atoms with Gasteiger partial charge < -0.3 is 10.1 Å². The van der Waals surface area contributed by atoms with E-state index in [-0.39, 0.29) is 0 Å². The van der Waals surface area contributed by atoms with E-state index in [1.54, 1.807) is 0 Å². The van der Waals surface area contributed by atoms with Gasteiger partial charge in [-0.3, -0.25) is 0 Å². The highest BCUT2D eigenvalue weighted by atomic mass is 127. The molecule has 1 atom stereocenters. The van der Waals surface area contributed by atoms with Gasteiger partial charge >= 0.3 is 0 Å². The molecule has 0 bridgehead atoms. The summed E-state index contributed by atoms with van der Waals surface area (Å²) in [6.45, 7) is 4.02. The van der Waals surface area contributed by atoms with Gasteiger partial charge in [0.1, 0.15) is 6.10 Å². The summed E-state index contributed by atoms with van der Waals surface area (Å²) in [7, 11) is 0. The van der Waals surface area contributed by atoms with E-state index >= 15 is 0 Å². The van der Waals surface area contributed by atoms with Crippen molar-refractivity contribution in [3.63, 3.8) is 0 Å². The van der Waals surface area contributed by atoms with Crippen LogP contribution in [0.1, 0.15) is 28.5 Å². The first-order valence-electron chi connectivity index (χ1n) is 5.28. The van der Waals surface area contributed by atoms with Crippen molar-refractivity contribution in [2.24, 2.45) is 0 Å². The van der Waals surface area contributed by atoms with Gasteiger partial charge in [-0.1, -0.05) is 17.7 Å². The number of nitrogens with one attached hydrogen (secondary N) is 1. The lowest BCUT2D eigenvalue weighted by molar-refractivity contribution is 0.215. The number of benzene rings is 1. The smallest absolute Gasteiger partial charge is 0.119 e. The number of halogens is 2. The molecule has 0 saturated carbocycles. The van der Waals surface area contributed by atoms with Crippen molar-refractivity contribution in [3.8, 4) is 0 Å². The molecule has 0 spiro atoms. The first-order chi connectivity index (χ1) is 8.00. The van der Waals surface area contributed by atoms with E-state index < -0.39 is 6.10 Å². The molecule has 0 fully saturated rings. The molecule has 0 aliphatic heterocycles. The van der Waals surface area contributed by atoms with Gasteiger partial charge in [-0.05, 0) is 65.3 Å². The molecule has 1 unspecified atom stereocenters. The maximum absolute atomic E-state index is 10.3. The summed E-state index contributed by atoms with van der Waals surface area (Å²) in [4.78, 5) is 3.11. The normalized spacial score (nSPS) is 12.8. The Morgan fingerprint density at radius 2 is 2.06 bits per heavy atom. The molecule has 17 heavy (non-hydrogen) atoms. The van der Waals surface area contributed by atoms with Crippen LogP contribution in [-0.2, 0) is 0 Å². The van der Waals surface area contributed by atoms with E-state index in [4.69, 9.17) is 11.6 Å². The molecule has 2 nitrogen and oxygen atoms in total. The summed E-state index contributed by atoms with van der Waals surface area (Å²) in [6, 6.07) is 5.62. The first-order valence-corrected chi connectivity index (χ1v) is 6.74. The second-order valence-electron chi connectivity index (χ2n) is 4.09. The standard InChI is InChI=1S/C13H13ClINO/c1-7-6-16-12(8(7)2)13(17)9-3-4-11(15)10(14)5-9/h3-6,13,16-17H,1-2H3. The van der Waals surface area contributed by atoms with Crippen LogP contribution in [0.5, 0.6) is 0 Å². The van der Waals surface area contributed by atoms with Gasteiger partial charge in [0.2, 0.25) is 0 Å². The number of hydrogen-bond acceptors (Lipinski definition) is 1. The first kappa shape index (κ1) is 12.9. The van der Waals surface area contributed by atoms with Crippen LogP contribution < -0.4 is 0 Å². The average Bonchev–Trinajstić information content (AvgIpc) is 2.63. The van der Waals surface area contributed by atoms with E-state index in [1.807, 2.05) is 38.2 Å². The molecular weight excluding hydrogens is 349 g/mol. The van der Waals surface area contributed by atoms with Gasteiger partial charge in [0.25, 0.3) is 0 Å². The lowest BCUT2D eigenvalue weighted by Crippen LogP contribution is -2.02. The highest BCUT2D eigenvalue weighted by Gasteiger charge is 2.16. The number of aryl methyl sites for hydroxylation is 1. The number of aliphatic hydroxyl groups is 1. The van der Waals surface area contributed by atoms with E-state index in [1.165, 1.54) is 0 Å². The molecule has 1 heterocycles. The summed E-state index contributed by atoms with van der Waals surface area (Å²) >= 11 is 8.23. The van der Waals surface area contributed by atoms with E-state index in [2.05, 4.69) is 27.6 Å². The number of hydrogen-bond donors (Lipinski definition) is 2. The zero-order chi connectivity index (χ0) is 12.6. The molecule has 0 aliphatic rings. The summed E-state index contributed by atoms with van der Waals surface area (Å²) in [5.74, 6) is 0. The molecule has 1 aromatic heterocycles. The second kappa shape index (κ2) is 5.00. The molecule has 0 amide bonds. The Bertz CT molecular complexity index is 550. The van der Waals surface area contributed by atoms with Gasteiger partial charge in [0.15, 0.2) is 0 Å². The van der Waals surface area contributed by atoms with Crippen molar-refractivity contribution in [2.45, 2.75) is 20.0 Å². The Hall–Kier alpha value is -0.520. The molecule has 4 heteroatoms. The minimum Gasteiger partial charge on any atom is -0.382 e. The molecular formula is C13H13ClINO. The molecule has 0 saturated heterocycles. The lowest BCUT2D eigenvalue weighted by Gasteiger charge is -2.12. The molecule has 0 aliphatic carbocycles. The van der Waals surface area contributed by atoms with E-state index in [9.17, 15) is 5.11 Å². The molecule has 90 valence electrons. The zero-order valence-corrected chi connectivity index (χ0v) is 12.5. The average molecular weight is 362 g/mol. The van der Waals surface area contributed by atoms with Crippen LogP contribution in [0, 0.1) is 17.4 Å². The molecule has 1 aromatic carbocycles. The molecule has 2 rings (SSSR count). The van der Waals surface area contributed by atoms with Crippen molar-refractivity contribution in [1.82, 2.24) is 4.98 Å². The Morgan fingerprint density at radius 1 is 1.35 bits per heavy atom. The van der Waals surface area contributed by atoms with Crippen LogP contribution in [0.3, 0.4) is 0 Å². The fourth-order valence-electron chi connectivity index (χ4n) is 1.75. The fraction of sp³-hybridized carbons (Fsp3) is 0.231. The van der Waals surface area contributed by atoms with Crippen LogP contribution in [0.25, 0.3) is 0 Å². The maximum Gasteiger partial charge on any atom is 0.119 e. The van der Waals surface area contributed by atoms with Crippen molar-refractivity contribution in [3.05, 3.63) is 55.4 Å². The highest BCUT2D eigenvalue weighted by molar-refractivity contribution is 14.1. The maximum atomic E-state index is 10.3. The lowest BCUT2D eigenvalue weighted by atomic mass is 10.0. The number of aliphatic hydroxyl groups excluding tert-OH is 1. The molecule has 2 N–H and O–H groups in total. The van der Waals surface area contributed by atoms with Gasteiger partial charge in [-0.2, -0.15) is 0 Å². The summed E-state index contributed by atoms with van der Waals surface area (Å²) < 4.78 is 0.986. The minimum absolute atomic E-state index is 0.654. The third-order valence-electron chi connectivity index (χ3n) is 2.97. The zero-order valence-electron chi connectivity index (χ0n) is 9.59. The van der Waals surface area contributed by atoms with Crippen LogP contribution >= 0.6 is 34.2 Å². The Labute approximate surface area is 119 Å². The number of aromatic nitrogens is 1. The Morgan fingerprint density at radius 3 is 2.59 bits per heavy atom. The van der Waals surface area contributed by atoms with Crippen LogP contribution in [-0.4, -0.2) is 10.1 Å². The molecule has 2 aromatic rings. The van der Waals surface area contributed by atoms with E-state index in [0.29, 0.717) is 5.02 Å². The van der Waals surface area contributed by atoms with Crippen molar-refractivity contribution in [2.75, 3.05) is 0 Å². The predicted molar refractivity (Wildman–Crippen MR) is 78.5 cm³/mol. The minimum atomic E-state index is -0.654. The van der Waals surface area contributed by atoms with Gasteiger partial charge in [0.05, 0.1) is 10.7 Å². The van der Waals surface area contributed by atoms with Crippen molar-refractivity contribution in [1.29, 1.82) is 0 Å². The third kappa shape index (κ3) is 2.51. The molecule has 0 radical (unpaired) electrons. The fourth-order valence-corrected chi connectivity index (χ4v) is 2.27. The SMILES string of the molecule is Cc1c[nH]c(C(O)c2ccc(I)c(Cl)c2)c1C. The van der Waals surface area contributed by atoms with Gasteiger partial charge in [0, 0.05) is 9.77 Å². The van der Waals surface area contributed by atoms with Gasteiger partial charge in [-0.25, -0.2) is 0 Å². The second-order valence-corrected chi connectivity index (χ2v) is 5.66. The van der Waals surface area contributed by atoms with Crippen LogP contribution in [0.4, 0.5) is 0 Å². The topological polar surface area (TPSA) is 36.0 Å². The van der Waals surface area contributed by atoms with Crippen molar-refractivity contribution < 1.29 is 5.11 Å². The summed E-state index contributed by atoms with van der Waals surface area (Å²) in [5.41, 5.74) is 3.88. The largest absolute Gasteiger partial charge is 0.382 e. The highest BCUT2D eigenvalue weighted by Crippen LogP contribution is 2.28. The van der Waals surface area contributed by atoms with Crippen LogP contribution in [0.15, 0.2) is 24.4 Å². The van der Waals surface area contributed by atoms with Crippen molar-refractivity contribution >= 4 is 34.2 Å². The predicted octanol–water partition coefficient (Wildman–Crippen LogP) is 3.97. The monoisotopic (exact) mass is 361 g/mol. The van der Waals surface area contributed by atoms with Crippen LogP contribution in [0.2, 0.25) is 5.02 Å². The summed E-state index contributed by atoms with van der Waals surface area (Å²) in [6.07, 6.45) is 1.25. The summed E-state index contributed by atoms with van der Waals surface area (Å²) in [5, 5.41) is 11.0.